The Balaban J connectivity index is 2.12. The van der Waals surface area contributed by atoms with Crippen molar-refractivity contribution in [2.45, 2.75) is 12.7 Å². The lowest BCUT2D eigenvalue weighted by Crippen LogP contribution is -1.98. The van der Waals surface area contributed by atoms with Gasteiger partial charge in [-0.3, -0.25) is 4.68 Å². The number of imidazole rings is 1. The van der Waals surface area contributed by atoms with Gasteiger partial charge in [-0.25, -0.2) is 4.98 Å². The minimum absolute atomic E-state index is 0.649. The van der Waals surface area contributed by atoms with E-state index in [2.05, 4.69) is 22.0 Å². The number of thioether (sulfide) groups is 1. The van der Waals surface area contributed by atoms with Crippen molar-refractivity contribution >= 4 is 28.6 Å². The summed E-state index contributed by atoms with van der Waals surface area (Å²) < 4.78 is 1.72. The number of nitrogen functional groups attached to an aromatic ring is 1. The van der Waals surface area contributed by atoms with Gasteiger partial charge in [-0.05, 0) is 17.9 Å². The fraction of sp³-hybridized carbons (Fsp3) is 0.286. The second-order valence-corrected chi connectivity index (χ2v) is 5.84. The first kappa shape index (κ1) is 13.1. The van der Waals surface area contributed by atoms with Gasteiger partial charge in [0.1, 0.15) is 11.6 Å². The van der Waals surface area contributed by atoms with Crippen LogP contribution in [0.5, 0.6) is 0 Å². The average Bonchev–Trinajstić information content (AvgIpc) is 2.98. The second kappa shape index (κ2) is 5.20. The van der Waals surface area contributed by atoms with Crippen LogP contribution >= 0.6 is 11.8 Å². The molecule has 3 N–H and O–H groups in total. The van der Waals surface area contributed by atoms with E-state index in [0.29, 0.717) is 5.82 Å². The zero-order valence-corrected chi connectivity index (χ0v) is 12.4. The highest BCUT2D eigenvalue weighted by molar-refractivity contribution is 7.98. The molecule has 0 aliphatic carbocycles. The smallest absolute Gasteiger partial charge is 0.144 e. The molecule has 2 heterocycles. The van der Waals surface area contributed by atoms with Crippen LogP contribution < -0.4 is 5.73 Å². The molecule has 3 rings (SSSR count). The summed E-state index contributed by atoms with van der Waals surface area (Å²) in [6.45, 7) is 2.14. The van der Waals surface area contributed by atoms with Crippen molar-refractivity contribution in [3.8, 4) is 11.4 Å². The van der Waals surface area contributed by atoms with Crippen LogP contribution in [0, 0.1) is 0 Å². The molecule has 0 saturated heterocycles. The third kappa shape index (κ3) is 2.16. The Hall–Kier alpha value is -1.95. The molecule has 0 spiro atoms. The fourth-order valence-corrected chi connectivity index (χ4v) is 2.82. The molecule has 2 aromatic heterocycles. The number of fused-ring (bicyclic) bond motifs is 1. The van der Waals surface area contributed by atoms with Crippen LogP contribution in [0.2, 0.25) is 0 Å². The van der Waals surface area contributed by atoms with Crippen LogP contribution in [-0.4, -0.2) is 25.5 Å². The molecule has 1 aromatic carbocycles. The van der Waals surface area contributed by atoms with Gasteiger partial charge in [-0.2, -0.15) is 16.9 Å². The lowest BCUT2D eigenvalue weighted by atomic mass is 10.2. The number of aromatic amines is 1. The van der Waals surface area contributed by atoms with E-state index in [4.69, 9.17) is 5.73 Å². The van der Waals surface area contributed by atoms with Crippen LogP contribution in [0.1, 0.15) is 12.6 Å². The number of hydrogen-bond acceptors (Lipinski definition) is 4. The number of para-hydroxylation sites is 2. The predicted octanol–water partition coefficient (Wildman–Crippen LogP) is 2.80. The van der Waals surface area contributed by atoms with Gasteiger partial charge in [0.2, 0.25) is 0 Å². The summed E-state index contributed by atoms with van der Waals surface area (Å²) >= 11 is 1.83. The SMILES string of the molecule is CCSCc1nn(C)c(N)c1-c1nc2ccccc2[nH]1. The van der Waals surface area contributed by atoms with Crippen molar-refractivity contribution in [2.24, 2.45) is 7.05 Å². The van der Waals surface area contributed by atoms with Gasteiger partial charge in [0.15, 0.2) is 0 Å². The maximum absolute atomic E-state index is 6.16. The van der Waals surface area contributed by atoms with E-state index in [1.165, 1.54) is 0 Å². The minimum Gasteiger partial charge on any atom is -0.383 e. The van der Waals surface area contributed by atoms with Crippen molar-refractivity contribution in [3.63, 3.8) is 0 Å². The zero-order valence-electron chi connectivity index (χ0n) is 11.6. The lowest BCUT2D eigenvalue weighted by Gasteiger charge is -1.99. The number of aromatic nitrogens is 4. The van der Waals surface area contributed by atoms with Gasteiger partial charge in [0.05, 0.1) is 22.3 Å². The van der Waals surface area contributed by atoms with Crippen LogP contribution in [0.4, 0.5) is 5.82 Å². The molecule has 0 bridgehead atoms. The Morgan fingerprint density at radius 3 is 2.90 bits per heavy atom. The van der Waals surface area contributed by atoms with Crippen LogP contribution in [0.15, 0.2) is 24.3 Å². The van der Waals surface area contributed by atoms with E-state index < -0.39 is 0 Å². The zero-order chi connectivity index (χ0) is 14.1. The van der Waals surface area contributed by atoms with Gasteiger partial charge in [0, 0.05) is 12.8 Å². The molecule has 104 valence electrons. The first-order valence-corrected chi connectivity index (χ1v) is 7.70. The number of aryl methyl sites for hydroxylation is 1. The summed E-state index contributed by atoms with van der Waals surface area (Å²) in [5.74, 6) is 3.34. The van der Waals surface area contributed by atoms with Crippen molar-refractivity contribution in [3.05, 3.63) is 30.0 Å². The molecular weight excluding hydrogens is 270 g/mol. The summed E-state index contributed by atoms with van der Waals surface area (Å²) in [5.41, 5.74) is 10.0. The van der Waals surface area contributed by atoms with E-state index in [1.807, 2.05) is 43.1 Å². The maximum Gasteiger partial charge on any atom is 0.144 e. The van der Waals surface area contributed by atoms with Crippen LogP contribution in [0.25, 0.3) is 22.4 Å². The molecule has 5 nitrogen and oxygen atoms in total. The lowest BCUT2D eigenvalue weighted by molar-refractivity contribution is 0.765. The molecule has 0 atom stereocenters. The Morgan fingerprint density at radius 1 is 1.35 bits per heavy atom. The molecule has 0 aliphatic heterocycles. The molecule has 6 heteroatoms. The van der Waals surface area contributed by atoms with E-state index in [1.54, 1.807) is 4.68 Å². The number of nitrogens with one attached hydrogen (secondary N) is 1. The molecule has 3 aromatic rings. The molecule has 0 amide bonds. The fourth-order valence-electron chi connectivity index (χ4n) is 2.22. The monoisotopic (exact) mass is 287 g/mol. The topological polar surface area (TPSA) is 72.5 Å². The predicted molar refractivity (Wildman–Crippen MR) is 84.5 cm³/mol. The molecule has 0 saturated carbocycles. The summed E-state index contributed by atoms with van der Waals surface area (Å²) in [7, 11) is 1.86. The standard InChI is InChI=1S/C14H17N5S/c1-3-20-8-11-12(13(15)19(2)18-11)14-16-9-6-4-5-7-10(9)17-14/h4-7H,3,8,15H2,1-2H3,(H,16,17). The number of nitrogens with two attached hydrogens (primary N) is 1. The van der Waals surface area contributed by atoms with Gasteiger partial charge in [0.25, 0.3) is 0 Å². The third-order valence-electron chi connectivity index (χ3n) is 3.23. The number of H-pyrrole nitrogens is 1. The number of nitrogens with zero attached hydrogens (tertiary/aromatic N) is 3. The van der Waals surface area contributed by atoms with Crippen molar-refractivity contribution in [2.75, 3.05) is 11.5 Å². The van der Waals surface area contributed by atoms with Crippen LogP contribution in [-0.2, 0) is 12.8 Å². The second-order valence-electron chi connectivity index (χ2n) is 4.57. The van der Waals surface area contributed by atoms with E-state index in [9.17, 15) is 0 Å². The molecule has 0 fully saturated rings. The quantitative estimate of drug-likeness (QED) is 0.774. The highest BCUT2D eigenvalue weighted by Gasteiger charge is 2.18. The van der Waals surface area contributed by atoms with Gasteiger partial charge in [-0.1, -0.05) is 19.1 Å². The number of benzene rings is 1. The highest BCUT2D eigenvalue weighted by Crippen LogP contribution is 2.30. The van der Waals surface area contributed by atoms with E-state index in [0.717, 1.165) is 39.6 Å². The molecule has 0 radical (unpaired) electrons. The summed E-state index contributed by atoms with van der Waals surface area (Å²) in [4.78, 5) is 7.96. The summed E-state index contributed by atoms with van der Waals surface area (Å²) in [6.07, 6.45) is 0. The molecule has 20 heavy (non-hydrogen) atoms. The van der Waals surface area contributed by atoms with E-state index in [-0.39, 0.29) is 0 Å². The van der Waals surface area contributed by atoms with Crippen molar-refractivity contribution < 1.29 is 0 Å². The Kier molecular flexibility index (Phi) is 3.40. The van der Waals surface area contributed by atoms with Gasteiger partial charge in [-0.15, -0.1) is 0 Å². The summed E-state index contributed by atoms with van der Waals surface area (Å²) in [6, 6.07) is 7.97. The van der Waals surface area contributed by atoms with Crippen LogP contribution in [0.3, 0.4) is 0 Å². The molecule has 0 aliphatic rings. The third-order valence-corrected chi connectivity index (χ3v) is 4.12. The first-order chi connectivity index (χ1) is 9.70. The largest absolute Gasteiger partial charge is 0.383 e. The Bertz CT molecular complexity index is 710. The average molecular weight is 287 g/mol. The maximum atomic E-state index is 6.16. The molecular formula is C14H17N5S. The summed E-state index contributed by atoms with van der Waals surface area (Å²) in [5, 5.41) is 4.51. The number of rotatable bonds is 4. The van der Waals surface area contributed by atoms with Crippen molar-refractivity contribution in [1.29, 1.82) is 0 Å². The van der Waals surface area contributed by atoms with E-state index >= 15 is 0 Å². The Morgan fingerprint density at radius 2 is 2.15 bits per heavy atom. The first-order valence-electron chi connectivity index (χ1n) is 6.55. The van der Waals surface area contributed by atoms with Gasteiger partial charge < -0.3 is 10.7 Å². The molecule has 0 unspecified atom stereocenters. The number of anilines is 1. The Labute approximate surface area is 121 Å². The number of hydrogen-bond donors (Lipinski definition) is 2. The highest BCUT2D eigenvalue weighted by atomic mass is 32.2. The normalized spacial score (nSPS) is 11.3. The van der Waals surface area contributed by atoms with Gasteiger partial charge >= 0.3 is 0 Å². The minimum atomic E-state index is 0.649. The van der Waals surface area contributed by atoms with Crippen molar-refractivity contribution in [1.82, 2.24) is 19.7 Å².